The van der Waals surface area contributed by atoms with E-state index in [-0.39, 0.29) is 22.5 Å². The van der Waals surface area contributed by atoms with Gasteiger partial charge in [0.1, 0.15) is 5.69 Å². The summed E-state index contributed by atoms with van der Waals surface area (Å²) in [6, 6.07) is 0. The van der Waals surface area contributed by atoms with Gasteiger partial charge < -0.3 is 14.6 Å². The highest BCUT2D eigenvalue weighted by molar-refractivity contribution is 8.06. The van der Waals surface area contributed by atoms with E-state index in [4.69, 9.17) is 9.63 Å². The van der Waals surface area contributed by atoms with Crippen molar-refractivity contribution < 1.29 is 14.4 Å². The van der Waals surface area contributed by atoms with Crippen LogP contribution in [0.2, 0.25) is 0 Å². The van der Waals surface area contributed by atoms with E-state index in [0.717, 1.165) is 11.5 Å². The second kappa shape index (κ2) is 5.49. The van der Waals surface area contributed by atoms with Crippen LogP contribution in [0.1, 0.15) is 28.5 Å². The van der Waals surface area contributed by atoms with E-state index in [1.165, 1.54) is 6.33 Å². The normalized spacial score (nSPS) is 22.9. The quantitative estimate of drug-likeness (QED) is 0.887. The van der Waals surface area contributed by atoms with E-state index < -0.39 is 5.97 Å². The summed E-state index contributed by atoms with van der Waals surface area (Å²) in [4.78, 5) is 21.8. The van der Waals surface area contributed by atoms with Crippen molar-refractivity contribution >= 4 is 29.5 Å². The Morgan fingerprint density at radius 2 is 2.30 bits per heavy atom. The van der Waals surface area contributed by atoms with Crippen LogP contribution in [0.25, 0.3) is 11.6 Å². The number of carboxylic acid groups (broad SMARTS) is 1. The maximum atomic E-state index is 11.0. The molecule has 1 aliphatic rings. The van der Waals surface area contributed by atoms with Gasteiger partial charge in [0.05, 0.1) is 11.6 Å². The molecule has 2 aromatic heterocycles. The second-order valence-electron chi connectivity index (χ2n) is 4.26. The average Bonchev–Trinajstić information content (AvgIpc) is 3.07. The molecule has 0 bridgehead atoms. The van der Waals surface area contributed by atoms with E-state index in [1.54, 1.807) is 11.8 Å². The van der Waals surface area contributed by atoms with E-state index in [1.807, 2.05) is 11.8 Å². The lowest BCUT2D eigenvalue weighted by Gasteiger charge is -2.24. The Balaban J connectivity index is 1.90. The number of aromatic nitrogens is 4. The number of nitrogens with one attached hydrogen (secondary N) is 1. The number of nitrogens with zero attached hydrogens (tertiary/aromatic N) is 3. The number of thioether (sulfide) groups is 2. The Labute approximate surface area is 122 Å². The molecular formula is C11H12N4O3S2. The lowest BCUT2D eigenvalue weighted by atomic mass is 10.3. The zero-order valence-electron chi connectivity index (χ0n) is 10.6. The van der Waals surface area contributed by atoms with Crippen LogP contribution in [-0.2, 0) is 0 Å². The summed E-state index contributed by atoms with van der Waals surface area (Å²) >= 11 is 3.68. The Kier molecular flexibility index (Phi) is 3.70. The van der Waals surface area contributed by atoms with Gasteiger partial charge in [0.25, 0.3) is 5.89 Å². The molecule has 3 heterocycles. The summed E-state index contributed by atoms with van der Waals surface area (Å²) in [6.07, 6.45) is 1.30. The molecule has 1 fully saturated rings. The molecule has 2 atom stereocenters. The molecule has 20 heavy (non-hydrogen) atoms. The van der Waals surface area contributed by atoms with Crippen LogP contribution in [0.4, 0.5) is 0 Å². The van der Waals surface area contributed by atoms with Crippen LogP contribution < -0.4 is 0 Å². The number of rotatable bonds is 3. The molecule has 1 saturated heterocycles. The molecule has 0 aromatic carbocycles. The fourth-order valence-electron chi connectivity index (χ4n) is 1.99. The van der Waals surface area contributed by atoms with Crippen molar-refractivity contribution in [1.82, 2.24) is 20.1 Å². The second-order valence-corrected chi connectivity index (χ2v) is 6.99. The van der Waals surface area contributed by atoms with Crippen LogP contribution in [0.15, 0.2) is 10.9 Å². The molecule has 0 aliphatic carbocycles. The molecule has 0 saturated carbocycles. The summed E-state index contributed by atoms with van der Waals surface area (Å²) in [6.45, 7) is 2.14. The first-order valence-electron chi connectivity index (χ1n) is 6.00. The number of hydrogen-bond donors (Lipinski definition) is 2. The molecule has 0 radical (unpaired) electrons. The Morgan fingerprint density at radius 1 is 1.50 bits per heavy atom. The molecule has 0 amide bonds. The average molecular weight is 312 g/mol. The minimum atomic E-state index is -1.13. The molecule has 9 heteroatoms. The van der Waals surface area contributed by atoms with Crippen molar-refractivity contribution in [3.63, 3.8) is 0 Å². The number of imidazole rings is 1. The van der Waals surface area contributed by atoms with Crippen LogP contribution in [0.5, 0.6) is 0 Å². The number of aromatic carboxylic acids is 1. The van der Waals surface area contributed by atoms with E-state index in [2.05, 4.69) is 27.0 Å². The third-order valence-corrected chi connectivity index (χ3v) is 6.03. The molecule has 2 N–H and O–H groups in total. The number of carboxylic acids is 1. The molecule has 1 aliphatic heterocycles. The lowest BCUT2D eigenvalue weighted by Crippen LogP contribution is -2.16. The molecule has 3 rings (SSSR count). The number of hydrogen-bond acceptors (Lipinski definition) is 7. The van der Waals surface area contributed by atoms with Gasteiger partial charge in [-0.15, -0.1) is 11.8 Å². The molecule has 0 spiro atoms. The first-order valence-corrected chi connectivity index (χ1v) is 8.10. The first kappa shape index (κ1) is 13.5. The lowest BCUT2D eigenvalue weighted by molar-refractivity contribution is 0.0691. The zero-order valence-corrected chi connectivity index (χ0v) is 12.2. The van der Waals surface area contributed by atoms with E-state index >= 15 is 0 Å². The largest absolute Gasteiger partial charge is 0.476 e. The van der Waals surface area contributed by atoms with E-state index in [9.17, 15) is 4.79 Å². The monoisotopic (exact) mass is 312 g/mol. The van der Waals surface area contributed by atoms with Gasteiger partial charge in [0.2, 0.25) is 0 Å². The van der Waals surface area contributed by atoms with E-state index in [0.29, 0.717) is 11.1 Å². The smallest absolute Gasteiger partial charge is 0.356 e. The summed E-state index contributed by atoms with van der Waals surface area (Å²) in [7, 11) is 0. The fourth-order valence-corrected chi connectivity index (χ4v) is 4.67. The molecule has 106 valence electrons. The van der Waals surface area contributed by atoms with Crippen molar-refractivity contribution in [1.29, 1.82) is 0 Å². The van der Waals surface area contributed by atoms with Gasteiger partial charge >= 0.3 is 5.97 Å². The summed E-state index contributed by atoms with van der Waals surface area (Å²) in [5, 5.41) is 13.6. The molecule has 2 aromatic rings. The van der Waals surface area contributed by atoms with Gasteiger partial charge in [0, 0.05) is 16.8 Å². The van der Waals surface area contributed by atoms with Gasteiger partial charge in [-0.05, 0) is 0 Å². The topological polar surface area (TPSA) is 105 Å². The predicted octanol–water partition coefficient (Wildman–Crippen LogP) is 2.07. The van der Waals surface area contributed by atoms with Crippen molar-refractivity contribution in [3.05, 3.63) is 17.8 Å². The Bertz CT molecular complexity index is 627. The number of H-pyrrole nitrogens is 1. The minimum absolute atomic E-state index is 0.112. The standard InChI is InChI=1S/C11H12N4O3S2/c1-5-8(20-3-2-19-5)9-14-10(18-15-9)6-7(11(16)17)13-4-12-6/h4-5,8H,2-3H2,1H3,(H,12,13)(H,16,17). The van der Waals surface area contributed by atoms with Gasteiger partial charge in [-0.2, -0.15) is 16.7 Å². The summed E-state index contributed by atoms with van der Waals surface area (Å²) in [5.74, 6) is 1.82. The maximum Gasteiger partial charge on any atom is 0.356 e. The fraction of sp³-hybridized carbons (Fsp3) is 0.455. The molecule has 2 unspecified atom stereocenters. The van der Waals surface area contributed by atoms with Crippen molar-refractivity contribution in [2.75, 3.05) is 11.5 Å². The SMILES string of the molecule is CC1SCCSC1c1noc(-c2[nH]cnc2C(=O)O)n1. The highest BCUT2D eigenvalue weighted by Gasteiger charge is 2.29. The molecule has 7 nitrogen and oxygen atoms in total. The van der Waals surface area contributed by atoms with Gasteiger partial charge in [-0.25, -0.2) is 9.78 Å². The van der Waals surface area contributed by atoms with Crippen molar-refractivity contribution in [2.24, 2.45) is 0 Å². The summed E-state index contributed by atoms with van der Waals surface area (Å²) < 4.78 is 5.18. The molecular weight excluding hydrogens is 300 g/mol. The Hall–Kier alpha value is -1.48. The predicted molar refractivity (Wildman–Crippen MR) is 76.0 cm³/mol. The summed E-state index contributed by atoms with van der Waals surface area (Å²) in [5.41, 5.74) is 0.135. The van der Waals surface area contributed by atoms with Gasteiger partial charge in [-0.1, -0.05) is 12.1 Å². The van der Waals surface area contributed by atoms with Crippen LogP contribution >= 0.6 is 23.5 Å². The third-order valence-electron chi connectivity index (χ3n) is 2.94. The highest BCUT2D eigenvalue weighted by Crippen LogP contribution is 2.41. The van der Waals surface area contributed by atoms with Crippen molar-refractivity contribution in [3.8, 4) is 11.6 Å². The van der Waals surface area contributed by atoms with Crippen LogP contribution in [0, 0.1) is 0 Å². The van der Waals surface area contributed by atoms with Gasteiger partial charge in [0.15, 0.2) is 11.5 Å². The van der Waals surface area contributed by atoms with Crippen LogP contribution in [0.3, 0.4) is 0 Å². The number of carbonyl (C=O) groups is 1. The highest BCUT2D eigenvalue weighted by atomic mass is 32.2. The van der Waals surface area contributed by atoms with Crippen molar-refractivity contribution in [2.45, 2.75) is 17.4 Å². The maximum absolute atomic E-state index is 11.0. The number of aromatic amines is 1. The zero-order chi connectivity index (χ0) is 14.1. The van der Waals surface area contributed by atoms with Gasteiger partial charge in [-0.3, -0.25) is 0 Å². The first-order chi connectivity index (χ1) is 9.66. The third kappa shape index (κ3) is 2.42. The Morgan fingerprint density at radius 3 is 3.05 bits per heavy atom. The van der Waals surface area contributed by atoms with Crippen LogP contribution in [-0.4, -0.2) is 47.9 Å². The minimum Gasteiger partial charge on any atom is -0.476 e.